The minimum Gasteiger partial charge on any atom is -0.462 e. The number of phosphoric acid groups is 2. The molecule has 0 saturated heterocycles. The fourth-order valence-corrected chi connectivity index (χ4v) is 11.6. The first kappa shape index (κ1) is 84.1. The fraction of sp³-hybridized carbons (Fsp3) is 0.940. The largest absolute Gasteiger partial charge is 0.472 e. The maximum Gasteiger partial charge on any atom is 0.472 e. The molecule has 0 aliphatic carbocycles. The van der Waals surface area contributed by atoms with Gasteiger partial charge in [0, 0.05) is 25.7 Å². The van der Waals surface area contributed by atoms with Crippen LogP contribution in [0.3, 0.4) is 0 Å². The number of esters is 4. The highest BCUT2D eigenvalue weighted by Crippen LogP contribution is 2.45. The number of ether oxygens (including phenoxy) is 4. The molecule has 0 fully saturated rings. The van der Waals surface area contributed by atoms with Gasteiger partial charge in [-0.3, -0.25) is 37.3 Å². The number of aliphatic hydroxyl groups is 1. The molecule has 86 heavy (non-hydrogen) atoms. The molecule has 0 amide bonds. The Morgan fingerprint density at radius 1 is 0.337 bits per heavy atom. The Morgan fingerprint density at radius 2 is 0.593 bits per heavy atom. The summed E-state index contributed by atoms with van der Waals surface area (Å²) < 4.78 is 68.1. The van der Waals surface area contributed by atoms with Gasteiger partial charge in [0.05, 0.1) is 26.4 Å². The van der Waals surface area contributed by atoms with E-state index in [0.717, 1.165) is 102 Å². The Labute approximate surface area is 524 Å². The van der Waals surface area contributed by atoms with Gasteiger partial charge in [0.1, 0.15) is 19.3 Å². The van der Waals surface area contributed by atoms with E-state index >= 15 is 0 Å². The molecule has 0 aliphatic rings. The van der Waals surface area contributed by atoms with Crippen molar-refractivity contribution >= 4 is 39.5 Å². The molecule has 0 saturated carbocycles. The Kier molecular flexibility index (Phi) is 58.0. The molecule has 6 atom stereocenters. The first-order valence-corrected chi connectivity index (χ1v) is 38.0. The summed E-state index contributed by atoms with van der Waals surface area (Å²) in [6.45, 7) is 9.51. The van der Waals surface area contributed by atoms with Crippen molar-refractivity contribution in [1.29, 1.82) is 0 Å². The third-order valence-corrected chi connectivity index (χ3v) is 17.7. The van der Waals surface area contributed by atoms with Gasteiger partial charge in [-0.2, -0.15) is 0 Å². The SMILES string of the molecule is CCCCCCCCCCCCCC(=O)O[C@H](COC(=O)CCCCCCCCCCC)COP(=O)(O)OC[C@H](O)COP(=O)(O)OC[C@@H](COC(=O)CCCCCCCCCCCC(C)C)OC(=O)CCCCCCCCCCCCC(C)CC. The first-order valence-electron chi connectivity index (χ1n) is 35.0. The predicted molar refractivity (Wildman–Crippen MR) is 345 cm³/mol. The van der Waals surface area contributed by atoms with Crippen molar-refractivity contribution in [2.75, 3.05) is 39.6 Å². The third kappa shape index (κ3) is 59.7. The van der Waals surface area contributed by atoms with Gasteiger partial charge in [-0.15, -0.1) is 0 Å². The number of rotatable bonds is 66. The predicted octanol–water partition coefficient (Wildman–Crippen LogP) is 18.8. The summed E-state index contributed by atoms with van der Waals surface area (Å²) in [6.07, 6.45) is 42.9. The highest BCUT2D eigenvalue weighted by Gasteiger charge is 2.30. The van der Waals surface area contributed by atoms with E-state index in [1.165, 1.54) is 154 Å². The van der Waals surface area contributed by atoms with Crippen LogP contribution in [-0.4, -0.2) is 96.7 Å². The number of hydrogen-bond acceptors (Lipinski definition) is 15. The molecule has 0 aromatic carbocycles. The average Bonchev–Trinajstić information content (AvgIpc) is 3.62. The van der Waals surface area contributed by atoms with E-state index in [0.29, 0.717) is 25.7 Å². The van der Waals surface area contributed by atoms with Gasteiger partial charge in [0.2, 0.25) is 0 Å². The van der Waals surface area contributed by atoms with Crippen LogP contribution in [0.5, 0.6) is 0 Å². The molecule has 0 spiro atoms. The number of hydrogen-bond donors (Lipinski definition) is 3. The zero-order valence-corrected chi connectivity index (χ0v) is 57.4. The normalized spacial score (nSPS) is 14.5. The summed E-state index contributed by atoms with van der Waals surface area (Å²) in [6, 6.07) is 0. The molecule has 3 N–H and O–H groups in total. The zero-order chi connectivity index (χ0) is 63.6. The van der Waals surface area contributed by atoms with Crippen LogP contribution >= 0.6 is 15.6 Å². The smallest absolute Gasteiger partial charge is 0.462 e. The molecule has 0 aromatic heterocycles. The lowest BCUT2D eigenvalue weighted by molar-refractivity contribution is -0.161. The lowest BCUT2D eigenvalue weighted by Crippen LogP contribution is -2.30. The Morgan fingerprint density at radius 3 is 0.884 bits per heavy atom. The lowest BCUT2D eigenvalue weighted by atomic mass is 9.99. The maximum absolute atomic E-state index is 13.0. The Bertz CT molecular complexity index is 1690. The quantitative estimate of drug-likeness (QED) is 0.0222. The highest BCUT2D eigenvalue weighted by atomic mass is 31.2. The number of unbranched alkanes of at least 4 members (excludes halogenated alkanes) is 35. The van der Waals surface area contributed by atoms with Crippen molar-refractivity contribution in [3.8, 4) is 0 Å². The maximum atomic E-state index is 13.0. The molecule has 0 aromatic rings. The average molecular weight is 1270 g/mol. The van der Waals surface area contributed by atoms with Gasteiger partial charge < -0.3 is 33.8 Å². The fourth-order valence-electron chi connectivity index (χ4n) is 10.0. The lowest BCUT2D eigenvalue weighted by Gasteiger charge is -2.21. The van der Waals surface area contributed by atoms with Crippen LogP contribution in [0.2, 0.25) is 0 Å². The number of carbonyl (C=O) groups is 4. The molecule has 0 aliphatic heterocycles. The summed E-state index contributed by atoms with van der Waals surface area (Å²) in [7, 11) is -9.89. The number of phosphoric ester groups is 2. The summed E-state index contributed by atoms with van der Waals surface area (Å²) in [5.74, 6) is -0.582. The first-order chi connectivity index (χ1) is 41.4. The van der Waals surface area contributed by atoms with Crippen LogP contribution in [-0.2, 0) is 65.4 Å². The molecule has 19 heteroatoms. The monoisotopic (exact) mass is 1270 g/mol. The molecule has 0 heterocycles. The second-order valence-corrected chi connectivity index (χ2v) is 27.8. The number of aliphatic hydroxyl groups excluding tert-OH is 1. The summed E-state index contributed by atoms with van der Waals surface area (Å²) in [4.78, 5) is 72.3. The second kappa shape index (κ2) is 59.4. The summed E-state index contributed by atoms with van der Waals surface area (Å²) in [5.41, 5.74) is 0. The van der Waals surface area contributed by atoms with Crippen molar-refractivity contribution in [1.82, 2.24) is 0 Å². The van der Waals surface area contributed by atoms with E-state index in [1.807, 2.05) is 0 Å². The van der Waals surface area contributed by atoms with E-state index in [1.54, 1.807) is 0 Å². The Balaban J connectivity index is 5.25. The van der Waals surface area contributed by atoms with Crippen LogP contribution < -0.4 is 0 Å². The minimum atomic E-state index is -4.95. The Hall–Kier alpha value is -1.94. The van der Waals surface area contributed by atoms with Crippen molar-refractivity contribution in [3.63, 3.8) is 0 Å². The van der Waals surface area contributed by atoms with Crippen molar-refractivity contribution in [2.45, 2.75) is 355 Å². The van der Waals surface area contributed by atoms with E-state index in [-0.39, 0.29) is 25.7 Å². The zero-order valence-electron chi connectivity index (χ0n) is 55.6. The molecule has 0 radical (unpaired) electrons. The van der Waals surface area contributed by atoms with Gasteiger partial charge in [0.15, 0.2) is 12.2 Å². The standard InChI is InChI=1S/C67H130O17P2/c1-7-10-12-14-16-18-19-26-33-39-45-51-66(71)83-62(55-77-64(69)49-43-37-31-23-17-15-13-11-8-2)57-81-85(73,74)79-53-61(68)54-80-86(75,76)82-58-63(56-78-65(70)50-44-38-32-28-22-24-29-35-41-47-59(4)5)84-67(72)52-46-40-34-27-21-20-25-30-36-42-48-60(6)9-3/h59-63,68H,7-58H2,1-6H3,(H,73,74)(H,75,76)/t60?,61-,62+,63+/m0/s1. The molecule has 3 unspecified atom stereocenters. The third-order valence-electron chi connectivity index (χ3n) is 15.8. The van der Waals surface area contributed by atoms with E-state index in [4.69, 9.17) is 37.0 Å². The molecule has 510 valence electrons. The molecular weight excluding hydrogens is 1140 g/mol. The molecule has 17 nitrogen and oxygen atoms in total. The molecule has 0 rings (SSSR count). The van der Waals surface area contributed by atoms with Crippen molar-refractivity contribution in [3.05, 3.63) is 0 Å². The van der Waals surface area contributed by atoms with E-state index < -0.39 is 97.5 Å². The van der Waals surface area contributed by atoms with Crippen LogP contribution in [0.15, 0.2) is 0 Å². The second-order valence-electron chi connectivity index (χ2n) is 24.9. The van der Waals surface area contributed by atoms with Crippen LogP contribution in [0.1, 0.15) is 337 Å². The summed E-state index contributed by atoms with van der Waals surface area (Å²) in [5, 5.41) is 10.6. The van der Waals surface area contributed by atoms with E-state index in [9.17, 15) is 43.2 Å². The van der Waals surface area contributed by atoms with Crippen LogP contribution in [0, 0.1) is 11.8 Å². The number of carbonyl (C=O) groups excluding carboxylic acids is 4. The summed E-state index contributed by atoms with van der Waals surface area (Å²) >= 11 is 0. The van der Waals surface area contributed by atoms with Gasteiger partial charge in [0.25, 0.3) is 0 Å². The van der Waals surface area contributed by atoms with Crippen LogP contribution in [0.4, 0.5) is 0 Å². The van der Waals surface area contributed by atoms with Gasteiger partial charge in [-0.25, -0.2) is 9.13 Å². The van der Waals surface area contributed by atoms with Crippen molar-refractivity contribution in [2.24, 2.45) is 11.8 Å². The molecular formula is C67H130O17P2. The van der Waals surface area contributed by atoms with Gasteiger partial charge in [-0.1, -0.05) is 286 Å². The van der Waals surface area contributed by atoms with Gasteiger partial charge >= 0.3 is 39.5 Å². The van der Waals surface area contributed by atoms with Crippen LogP contribution in [0.25, 0.3) is 0 Å². The molecule has 0 bridgehead atoms. The topological polar surface area (TPSA) is 237 Å². The van der Waals surface area contributed by atoms with Gasteiger partial charge in [-0.05, 0) is 37.5 Å². The van der Waals surface area contributed by atoms with E-state index in [2.05, 4.69) is 41.5 Å². The minimum absolute atomic E-state index is 0.106. The van der Waals surface area contributed by atoms with Crippen molar-refractivity contribution < 1.29 is 80.2 Å². The highest BCUT2D eigenvalue weighted by molar-refractivity contribution is 7.47.